The summed E-state index contributed by atoms with van der Waals surface area (Å²) in [6.45, 7) is 9.52. The van der Waals surface area contributed by atoms with E-state index >= 15 is 0 Å². The summed E-state index contributed by atoms with van der Waals surface area (Å²) >= 11 is 0. The topological polar surface area (TPSA) is 69.4 Å². The van der Waals surface area contributed by atoms with E-state index in [4.69, 9.17) is 14.0 Å². The molecule has 6 heteroatoms. The Morgan fingerprint density at radius 2 is 2.10 bits per heavy atom. The first-order valence-corrected chi connectivity index (χ1v) is 7.97. The third-order valence-electron chi connectivity index (χ3n) is 3.65. The van der Waals surface area contributed by atoms with Crippen molar-refractivity contribution < 1.29 is 14.0 Å². The summed E-state index contributed by atoms with van der Waals surface area (Å²) in [7, 11) is 0. The van der Waals surface area contributed by atoms with Gasteiger partial charge in [-0.05, 0) is 38.8 Å². The standard InChI is InChI=1S/C15H27N3O3/c1-4-19-14(11(2)3)15-17-13(21-18-15)7-10-20-12-5-8-16-9-6-12/h11-12,14,16H,4-10H2,1-3H3. The van der Waals surface area contributed by atoms with E-state index in [-0.39, 0.29) is 6.10 Å². The van der Waals surface area contributed by atoms with Crippen LogP contribution in [0.1, 0.15) is 51.4 Å². The van der Waals surface area contributed by atoms with Crippen LogP contribution in [0.25, 0.3) is 0 Å². The molecule has 0 aliphatic carbocycles. The van der Waals surface area contributed by atoms with E-state index in [0.29, 0.717) is 43.4 Å². The summed E-state index contributed by atoms with van der Waals surface area (Å²) in [6.07, 6.45) is 3.08. The number of piperidine rings is 1. The molecule has 1 unspecified atom stereocenters. The second kappa shape index (κ2) is 8.46. The zero-order valence-electron chi connectivity index (χ0n) is 13.3. The van der Waals surface area contributed by atoms with E-state index in [1.54, 1.807) is 0 Å². The molecule has 0 radical (unpaired) electrons. The maximum atomic E-state index is 5.85. The van der Waals surface area contributed by atoms with Gasteiger partial charge in [0.2, 0.25) is 11.7 Å². The highest BCUT2D eigenvalue weighted by molar-refractivity contribution is 4.93. The van der Waals surface area contributed by atoms with Crippen molar-refractivity contribution in [3.05, 3.63) is 11.7 Å². The summed E-state index contributed by atoms with van der Waals surface area (Å²) in [5.74, 6) is 1.59. The van der Waals surface area contributed by atoms with Crippen LogP contribution < -0.4 is 5.32 Å². The fraction of sp³-hybridized carbons (Fsp3) is 0.867. The summed E-state index contributed by atoms with van der Waals surface area (Å²) in [4.78, 5) is 4.44. The minimum absolute atomic E-state index is 0.0992. The predicted octanol–water partition coefficient (Wildman–Crippen LogP) is 2.11. The van der Waals surface area contributed by atoms with Crippen molar-refractivity contribution in [3.8, 4) is 0 Å². The van der Waals surface area contributed by atoms with E-state index in [9.17, 15) is 0 Å². The number of hydrogen-bond acceptors (Lipinski definition) is 6. The highest BCUT2D eigenvalue weighted by Crippen LogP contribution is 2.23. The van der Waals surface area contributed by atoms with Crippen molar-refractivity contribution in [1.82, 2.24) is 15.5 Å². The van der Waals surface area contributed by atoms with Crippen molar-refractivity contribution in [1.29, 1.82) is 0 Å². The average molecular weight is 297 g/mol. The van der Waals surface area contributed by atoms with Crippen molar-refractivity contribution >= 4 is 0 Å². The van der Waals surface area contributed by atoms with Gasteiger partial charge in [-0.2, -0.15) is 4.98 Å². The number of rotatable bonds is 8. The van der Waals surface area contributed by atoms with Gasteiger partial charge in [0.15, 0.2) is 0 Å². The lowest BCUT2D eigenvalue weighted by molar-refractivity contribution is 0.0217. The quantitative estimate of drug-likeness (QED) is 0.792. The van der Waals surface area contributed by atoms with Crippen LogP contribution in [0, 0.1) is 5.92 Å². The SMILES string of the molecule is CCOC(c1noc(CCOC2CCNCC2)n1)C(C)C. The van der Waals surface area contributed by atoms with Crippen LogP contribution in [0.4, 0.5) is 0 Å². The molecule has 2 rings (SSSR count). The van der Waals surface area contributed by atoms with Gasteiger partial charge < -0.3 is 19.3 Å². The maximum Gasteiger partial charge on any atom is 0.229 e. The fourth-order valence-corrected chi connectivity index (χ4v) is 2.50. The number of nitrogens with zero attached hydrogens (tertiary/aromatic N) is 2. The molecule has 21 heavy (non-hydrogen) atoms. The van der Waals surface area contributed by atoms with Crippen LogP contribution in [0.3, 0.4) is 0 Å². The fourth-order valence-electron chi connectivity index (χ4n) is 2.50. The zero-order valence-corrected chi connectivity index (χ0v) is 13.3. The van der Waals surface area contributed by atoms with Gasteiger partial charge in [0.1, 0.15) is 6.10 Å². The molecule has 1 aliphatic heterocycles. The van der Waals surface area contributed by atoms with Gasteiger partial charge in [-0.25, -0.2) is 0 Å². The Morgan fingerprint density at radius 1 is 1.33 bits per heavy atom. The Labute approximate surface area is 126 Å². The molecule has 1 atom stereocenters. The average Bonchev–Trinajstić information content (AvgIpc) is 2.94. The first-order valence-electron chi connectivity index (χ1n) is 7.97. The van der Waals surface area contributed by atoms with Crippen LogP contribution in [-0.2, 0) is 15.9 Å². The van der Waals surface area contributed by atoms with Crippen LogP contribution >= 0.6 is 0 Å². The zero-order chi connectivity index (χ0) is 15.1. The van der Waals surface area contributed by atoms with Crippen LogP contribution in [-0.4, -0.2) is 42.5 Å². The number of hydrogen-bond donors (Lipinski definition) is 1. The minimum Gasteiger partial charge on any atom is -0.378 e. The molecular formula is C15H27N3O3. The normalized spacial score (nSPS) is 18.3. The van der Waals surface area contributed by atoms with Gasteiger partial charge in [0, 0.05) is 6.61 Å². The van der Waals surface area contributed by atoms with Crippen molar-refractivity contribution in [2.45, 2.75) is 52.2 Å². The number of ether oxygens (including phenoxy) is 2. The molecule has 0 aromatic carbocycles. The Hall–Kier alpha value is -0.980. The molecule has 1 saturated heterocycles. The second-order valence-electron chi connectivity index (χ2n) is 5.74. The minimum atomic E-state index is -0.0992. The third kappa shape index (κ3) is 5.05. The molecule has 6 nitrogen and oxygen atoms in total. The van der Waals surface area contributed by atoms with Gasteiger partial charge in [-0.15, -0.1) is 0 Å². The Bertz CT molecular complexity index is 403. The smallest absolute Gasteiger partial charge is 0.229 e. The van der Waals surface area contributed by atoms with Gasteiger partial charge in [0.05, 0.1) is 19.1 Å². The first-order chi connectivity index (χ1) is 10.2. The molecule has 1 aliphatic rings. The van der Waals surface area contributed by atoms with Crippen molar-refractivity contribution in [3.63, 3.8) is 0 Å². The van der Waals surface area contributed by atoms with E-state index in [1.807, 2.05) is 6.92 Å². The van der Waals surface area contributed by atoms with E-state index < -0.39 is 0 Å². The molecule has 2 heterocycles. The molecule has 0 saturated carbocycles. The first kappa shape index (κ1) is 16.4. The molecule has 120 valence electrons. The molecular weight excluding hydrogens is 270 g/mol. The van der Waals surface area contributed by atoms with Crippen molar-refractivity contribution in [2.24, 2.45) is 5.92 Å². The van der Waals surface area contributed by atoms with E-state index in [1.165, 1.54) is 0 Å². The van der Waals surface area contributed by atoms with Gasteiger partial charge in [0.25, 0.3) is 0 Å². The Balaban J connectivity index is 1.79. The lowest BCUT2D eigenvalue weighted by Gasteiger charge is -2.22. The summed E-state index contributed by atoms with van der Waals surface area (Å²) in [5, 5.41) is 7.37. The predicted molar refractivity (Wildman–Crippen MR) is 79.1 cm³/mol. The van der Waals surface area contributed by atoms with Crippen LogP contribution in [0.15, 0.2) is 4.52 Å². The molecule has 1 aromatic rings. The van der Waals surface area contributed by atoms with Gasteiger partial charge in [-0.1, -0.05) is 19.0 Å². The highest BCUT2D eigenvalue weighted by atomic mass is 16.5. The second-order valence-corrected chi connectivity index (χ2v) is 5.74. The van der Waals surface area contributed by atoms with Gasteiger partial charge in [-0.3, -0.25) is 0 Å². The Morgan fingerprint density at radius 3 is 2.76 bits per heavy atom. The monoisotopic (exact) mass is 297 g/mol. The Kier molecular flexibility index (Phi) is 6.60. The van der Waals surface area contributed by atoms with E-state index in [0.717, 1.165) is 25.9 Å². The summed E-state index contributed by atoms with van der Waals surface area (Å²) in [5.41, 5.74) is 0. The molecule has 1 N–H and O–H groups in total. The molecule has 0 amide bonds. The van der Waals surface area contributed by atoms with Gasteiger partial charge >= 0.3 is 0 Å². The van der Waals surface area contributed by atoms with E-state index in [2.05, 4.69) is 29.3 Å². The maximum absolute atomic E-state index is 5.85. The number of aromatic nitrogens is 2. The molecule has 1 aromatic heterocycles. The van der Waals surface area contributed by atoms with Crippen molar-refractivity contribution in [2.75, 3.05) is 26.3 Å². The van der Waals surface area contributed by atoms with Crippen LogP contribution in [0.5, 0.6) is 0 Å². The molecule has 0 spiro atoms. The lowest BCUT2D eigenvalue weighted by atomic mass is 10.1. The third-order valence-corrected chi connectivity index (χ3v) is 3.65. The van der Waals surface area contributed by atoms with Crippen LogP contribution in [0.2, 0.25) is 0 Å². The highest BCUT2D eigenvalue weighted by Gasteiger charge is 2.22. The largest absolute Gasteiger partial charge is 0.378 e. The summed E-state index contributed by atoms with van der Waals surface area (Å²) < 4.78 is 16.8. The molecule has 1 fully saturated rings. The summed E-state index contributed by atoms with van der Waals surface area (Å²) in [6, 6.07) is 0. The molecule has 0 bridgehead atoms. The lowest BCUT2D eigenvalue weighted by Crippen LogP contribution is -2.32. The number of nitrogens with one attached hydrogen (secondary N) is 1.